The third kappa shape index (κ3) is 7.39. The molecule has 14 heteroatoms. The highest BCUT2D eigenvalue weighted by atomic mass is 79.9. The van der Waals surface area contributed by atoms with Crippen LogP contribution in [0.5, 0.6) is 5.75 Å². The maximum absolute atomic E-state index is 12.8. The van der Waals surface area contributed by atoms with Crippen molar-refractivity contribution >= 4 is 39.3 Å². The third-order valence-corrected chi connectivity index (χ3v) is 6.89. The van der Waals surface area contributed by atoms with Gasteiger partial charge in [-0.15, -0.1) is 13.2 Å². The molecular weight excluding hydrogens is 597 g/mol. The Morgan fingerprint density at radius 2 is 1.73 bits per heavy atom. The highest BCUT2D eigenvalue weighted by Crippen LogP contribution is 2.28. The van der Waals surface area contributed by atoms with Crippen LogP contribution in [0.1, 0.15) is 50.6 Å². The first-order valence-corrected chi connectivity index (χ1v) is 13.2. The number of carbonyl (C=O) groups excluding carboxylic acids is 3. The first-order valence-electron chi connectivity index (χ1n) is 12.4. The molecule has 1 saturated heterocycles. The molecule has 2 heterocycles. The smallest absolute Gasteiger partial charge is 0.406 e. The summed E-state index contributed by atoms with van der Waals surface area (Å²) in [5.41, 5.74) is 6.05. The molecule has 1 aliphatic rings. The second-order valence-corrected chi connectivity index (χ2v) is 9.88. The number of amides is 3. The van der Waals surface area contributed by atoms with Crippen LogP contribution in [0.15, 0.2) is 53.3 Å². The fourth-order valence-corrected chi connectivity index (χ4v) is 4.75. The molecular formula is C26H26BrF3N6O4. The molecule has 0 radical (unpaired) electrons. The number of imidazole rings is 1. The monoisotopic (exact) mass is 622 g/mol. The summed E-state index contributed by atoms with van der Waals surface area (Å²) >= 11 is 3.15. The number of carbonyl (C=O) groups is 3. The summed E-state index contributed by atoms with van der Waals surface area (Å²) in [7, 11) is 0. The average molecular weight is 623 g/mol. The van der Waals surface area contributed by atoms with E-state index in [4.69, 9.17) is 5.73 Å². The molecule has 0 atom stereocenters. The molecule has 1 aliphatic heterocycles. The van der Waals surface area contributed by atoms with Gasteiger partial charge < -0.3 is 26.0 Å². The van der Waals surface area contributed by atoms with Crippen LogP contribution in [0.3, 0.4) is 0 Å². The fourth-order valence-electron chi connectivity index (χ4n) is 4.32. The summed E-state index contributed by atoms with van der Waals surface area (Å²) in [6.07, 6.45) is -0.122. The zero-order valence-electron chi connectivity index (χ0n) is 21.1. The highest BCUT2D eigenvalue weighted by molar-refractivity contribution is 9.10. The Balaban J connectivity index is 1.44. The fraction of sp³-hybridized carbons (Fsp3) is 0.308. The molecule has 4 rings (SSSR count). The van der Waals surface area contributed by atoms with Crippen LogP contribution >= 0.6 is 15.9 Å². The Kier molecular flexibility index (Phi) is 9.10. The van der Waals surface area contributed by atoms with E-state index in [1.165, 1.54) is 35.5 Å². The van der Waals surface area contributed by atoms with Crippen molar-refractivity contribution in [2.45, 2.75) is 25.6 Å². The number of alkyl halides is 3. The molecule has 2 aromatic carbocycles. The van der Waals surface area contributed by atoms with Crippen molar-refractivity contribution in [1.29, 1.82) is 0 Å². The molecule has 10 nitrogen and oxygen atoms in total. The van der Waals surface area contributed by atoms with Crippen molar-refractivity contribution < 1.29 is 32.3 Å². The third-order valence-electron chi connectivity index (χ3n) is 6.20. The van der Waals surface area contributed by atoms with E-state index in [9.17, 15) is 27.6 Å². The summed E-state index contributed by atoms with van der Waals surface area (Å²) in [4.78, 5) is 44.1. The number of nitrogens with zero attached hydrogens (tertiary/aromatic N) is 3. The van der Waals surface area contributed by atoms with Crippen molar-refractivity contribution in [3.63, 3.8) is 0 Å². The number of hydrogen-bond donors (Lipinski definition) is 3. The molecule has 40 heavy (non-hydrogen) atoms. The Morgan fingerprint density at radius 1 is 1.02 bits per heavy atom. The van der Waals surface area contributed by atoms with E-state index in [2.05, 4.69) is 41.2 Å². The van der Waals surface area contributed by atoms with Crippen LogP contribution in [0.4, 0.5) is 18.9 Å². The number of primary amides is 1. The van der Waals surface area contributed by atoms with E-state index in [1.54, 1.807) is 12.1 Å². The number of nitrogens with two attached hydrogens (primary N) is 1. The van der Waals surface area contributed by atoms with Crippen LogP contribution in [-0.2, 0) is 0 Å². The van der Waals surface area contributed by atoms with Gasteiger partial charge in [-0.3, -0.25) is 19.0 Å². The zero-order chi connectivity index (χ0) is 28.9. The van der Waals surface area contributed by atoms with Crippen molar-refractivity contribution in [3.05, 3.63) is 70.2 Å². The van der Waals surface area contributed by atoms with Crippen molar-refractivity contribution in [3.8, 4) is 11.4 Å². The average Bonchev–Trinajstić information content (AvgIpc) is 3.36. The minimum Gasteiger partial charge on any atom is -0.406 e. The van der Waals surface area contributed by atoms with Gasteiger partial charge in [0.1, 0.15) is 17.8 Å². The molecule has 1 fully saturated rings. The minimum atomic E-state index is -4.90. The molecule has 3 amide bonds. The predicted molar refractivity (Wildman–Crippen MR) is 143 cm³/mol. The number of anilines is 1. The van der Waals surface area contributed by atoms with Gasteiger partial charge in [-0.2, -0.15) is 0 Å². The second kappa shape index (κ2) is 12.5. The van der Waals surface area contributed by atoms with Crippen LogP contribution in [-0.4, -0.2) is 64.7 Å². The molecule has 212 valence electrons. The number of aromatic nitrogens is 2. The van der Waals surface area contributed by atoms with Gasteiger partial charge in [-0.05, 0) is 84.3 Å². The van der Waals surface area contributed by atoms with E-state index < -0.39 is 29.8 Å². The molecule has 0 aliphatic carbocycles. The molecule has 0 saturated carbocycles. The molecule has 1 aromatic heterocycles. The van der Waals surface area contributed by atoms with Crippen molar-refractivity contribution in [1.82, 2.24) is 19.8 Å². The Morgan fingerprint density at radius 3 is 2.38 bits per heavy atom. The standard InChI is InChI=1S/C26H26BrF3N6O4/c27-20-9-8-18(40-26(28,29)30)14-19(20)24(38)34-16-4-6-17(7-5-16)36-15-33-21(22(36)23(31)37)25(39)32-10-13-35-11-2-1-3-12-35/h4-9,14-15H,1-3,10-13H2,(H2,31,37)(H,32,39)(H,34,38). The van der Waals surface area contributed by atoms with Gasteiger partial charge in [0.25, 0.3) is 17.7 Å². The number of halogens is 4. The number of rotatable bonds is 9. The lowest BCUT2D eigenvalue weighted by molar-refractivity contribution is -0.274. The van der Waals surface area contributed by atoms with Crippen LogP contribution in [0, 0.1) is 0 Å². The van der Waals surface area contributed by atoms with Gasteiger partial charge in [-0.25, -0.2) is 4.98 Å². The van der Waals surface area contributed by atoms with Gasteiger partial charge in [-0.1, -0.05) is 6.42 Å². The van der Waals surface area contributed by atoms with Crippen LogP contribution in [0.2, 0.25) is 0 Å². The Labute approximate surface area is 235 Å². The first kappa shape index (κ1) is 29.1. The van der Waals surface area contributed by atoms with E-state index in [-0.39, 0.29) is 21.4 Å². The first-order chi connectivity index (χ1) is 19.0. The topological polar surface area (TPSA) is 132 Å². The van der Waals surface area contributed by atoms with Crippen molar-refractivity contribution in [2.75, 3.05) is 31.5 Å². The second-order valence-electron chi connectivity index (χ2n) is 9.02. The normalized spacial score (nSPS) is 14.0. The summed E-state index contributed by atoms with van der Waals surface area (Å²) in [5, 5.41) is 5.38. The lowest BCUT2D eigenvalue weighted by atomic mass is 10.1. The lowest BCUT2D eigenvalue weighted by Gasteiger charge is -2.26. The number of benzene rings is 2. The van der Waals surface area contributed by atoms with E-state index in [0.717, 1.165) is 38.1 Å². The maximum Gasteiger partial charge on any atom is 0.573 e. The molecule has 0 bridgehead atoms. The molecule has 0 spiro atoms. The number of nitrogens with one attached hydrogen (secondary N) is 2. The summed E-state index contributed by atoms with van der Waals surface area (Å²) < 4.78 is 43.2. The van der Waals surface area contributed by atoms with Crippen molar-refractivity contribution in [2.24, 2.45) is 5.73 Å². The number of likely N-dealkylation sites (tertiary alicyclic amines) is 1. The van der Waals surface area contributed by atoms with Gasteiger partial charge in [0.2, 0.25) is 0 Å². The summed E-state index contributed by atoms with van der Waals surface area (Å²) in [6, 6.07) is 9.45. The van der Waals surface area contributed by atoms with Gasteiger partial charge in [0.15, 0.2) is 5.69 Å². The summed E-state index contributed by atoms with van der Waals surface area (Å²) in [5.74, 6) is -2.59. The zero-order valence-corrected chi connectivity index (χ0v) is 22.7. The lowest BCUT2D eigenvalue weighted by Crippen LogP contribution is -2.38. The van der Waals surface area contributed by atoms with Gasteiger partial charge >= 0.3 is 6.36 Å². The maximum atomic E-state index is 12.8. The quantitative estimate of drug-likeness (QED) is 0.329. The number of hydrogen-bond acceptors (Lipinski definition) is 6. The van der Waals surface area contributed by atoms with Crippen LogP contribution < -0.4 is 21.1 Å². The van der Waals surface area contributed by atoms with E-state index in [0.29, 0.717) is 24.5 Å². The van der Waals surface area contributed by atoms with Gasteiger partial charge in [0, 0.05) is 28.9 Å². The molecule has 0 unspecified atom stereocenters. The summed E-state index contributed by atoms with van der Waals surface area (Å²) in [6.45, 7) is 3.08. The molecule has 3 aromatic rings. The Hall–Kier alpha value is -3.91. The minimum absolute atomic E-state index is 0.0765. The predicted octanol–water partition coefficient (Wildman–Crippen LogP) is 4.10. The van der Waals surface area contributed by atoms with Gasteiger partial charge in [0.05, 0.1) is 5.56 Å². The van der Waals surface area contributed by atoms with E-state index in [1.807, 2.05) is 0 Å². The van der Waals surface area contributed by atoms with Crippen LogP contribution in [0.25, 0.3) is 5.69 Å². The number of ether oxygens (including phenoxy) is 1. The van der Waals surface area contributed by atoms with E-state index >= 15 is 0 Å². The SMILES string of the molecule is NC(=O)c1c(C(=O)NCCN2CCCCC2)ncn1-c1ccc(NC(=O)c2cc(OC(F)(F)F)ccc2Br)cc1. The Bertz CT molecular complexity index is 1390. The largest absolute Gasteiger partial charge is 0.573 e. The molecule has 4 N–H and O–H groups in total. The number of piperidine rings is 1. The highest BCUT2D eigenvalue weighted by Gasteiger charge is 2.31.